The molecule has 3 heterocycles. The summed E-state index contributed by atoms with van der Waals surface area (Å²) in [6, 6.07) is 17.5. The lowest BCUT2D eigenvalue weighted by Gasteiger charge is -2.01. The maximum Gasteiger partial charge on any atom is 0.148 e. The number of nitriles is 4. The van der Waals surface area contributed by atoms with Gasteiger partial charge in [0.1, 0.15) is 69.1 Å². The Hall–Kier alpha value is -5.02. The van der Waals surface area contributed by atoms with Crippen LogP contribution < -0.4 is 4.74 Å². The van der Waals surface area contributed by atoms with Crippen molar-refractivity contribution >= 4 is 22.5 Å². The highest BCUT2D eigenvalue weighted by Gasteiger charge is 2.26. The lowest BCUT2D eigenvalue weighted by Crippen LogP contribution is -1.85. The molecule has 0 saturated carbocycles. The minimum Gasteiger partial charge on any atom is -0.495 e. The van der Waals surface area contributed by atoms with E-state index in [0.29, 0.717) is 48.7 Å². The first kappa shape index (κ1) is 25.6. The summed E-state index contributed by atoms with van der Waals surface area (Å²) >= 11 is 1.49. The second-order valence-electron chi connectivity index (χ2n) is 9.20. The van der Waals surface area contributed by atoms with Crippen LogP contribution in [0.1, 0.15) is 51.1 Å². The van der Waals surface area contributed by atoms with E-state index in [2.05, 4.69) is 0 Å². The van der Waals surface area contributed by atoms with Crippen molar-refractivity contribution in [3.8, 4) is 51.3 Å². The summed E-state index contributed by atoms with van der Waals surface area (Å²) in [5.41, 5.74) is 5.72. The molecule has 0 amide bonds. The normalized spacial score (nSPS) is 14.7. The molecule has 0 aromatic carbocycles. The number of rotatable bonds is 5. The van der Waals surface area contributed by atoms with Crippen LogP contribution in [0.2, 0.25) is 0 Å². The van der Waals surface area contributed by atoms with Crippen LogP contribution in [0, 0.1) is 45.3 Å². The van der Waals surface area contributed by atoms with Crippen LogP contribution in [-0.2, 0) is 0 Å². The van der Waals surface area contributed by atoms with Gasteiger partial charge >= 0.3 is 0 Å². The van der Waals surface area contributed by atoms with Crippen molar-refractivity contribution in [2.75, 3.05) is 7.11 Å². The van der Waals surface area contributed by atoms with Gasteiger partial charge in [-0.1, -0.05) is 0 Å². The van der Waals surface area contributed by atoms with Crippen molar-refractivity contribution in [2.45, 2.75) is 39.5 Å². The van der Waals surface area contributed by atoms with Gasteiger partial charge in [-0.3, -0.25) is 0 Å². The summed E-state index contributed by atoms with van der Waals surface area (Å²) in [6.07, 6.45) is 2.71. The molecule has 0 saturated heterocycles. The summed E-state index contributed by atoms with van der Waals surface area (Å²) in [5.74, 6) is 3.45. The van der Waals surface area contributed by atoms with Crippen LogP contribution >= 0.6 is 11.3 Å². The zero-order chi connectivity index (χ0) is 27.7. The first-order chi connectivity index (χ1) is 18.9. The third-order valence-electron chi connectivity index (χ3n) is 7.30. The Morgan fingerprint density at radius 3 is 1.67 bits per heavy atom. The molecule has 3 aromatic rings. The van der Waals surface area contributed by atoms with Gasteiger partial charge < -0.3 is 13.6 Å². The maximum atomic E-state index is 9.27. The van der Waals surface area contributed by atoms with E-state index < -0.39 is 0 Å². The molecule has 0 unspecified atom stereocenters. The molecule has 0 radical (unpaired) electrons. The third kappa shape index (κ3) is 4.38. The van der Waals surface area contributed by atoms with Crippen LogP contribution in [0.15, 0.2) is 72.6 Å². The van der Waals surface area contributed by atoms with Crippen molar-refractivity contribution in [3.63, 3.8) is 0 Å². The number of furan rings is 2. The van der Waals surface area contributed by atoms with Gasteiger partial charge in [0.2, 0.25) is 0 Å². The van der Waals surface area contributed by atoms with E-state index in [4.69, 9.17) is 13.6 Å². The molecule has 0 bridgehead atoms. The topological polar surface area (TPSA) is 131 Å². The first-order valence-electron chi connectivity index (χ1n) is 12.3. The van der Waals surface area contributed by atoms with Crippen molar-refractivity contribution < 1.29 is 13.6 Å². The maximum absolute atomic E-state index is 9.27. The van der Waals surface area contributed by atoms with Gasteiger partial charge in [0.05, 0.1) is 12.0 Å². The predicted molar refractivity (Wildman–Crippen MR) is 146 cm³/mol. The molecule has 0 aliphatic heterocycles. The molecule has 2 aliphatic rings. The predicted octanol–water partition coefficient (Wildman–Crippen LogP) is 8.10. The van der Waals surface area contributed by atoms with E-state index in [1.54, 1.807) is 7.11 Å². The number of nitrogens with zero attached hydrogens (tertiary/aromatic N) is 4. The molecular weight excluding hydrogens is 508 g/mol. The fraction of sp³-hybridized carbons (Fsp3) is 0.226. The highest BCUT2D eigenvalue weighted by molar-refractivity contribution is 7.19. The largest absolute Gasteiger partial charge is 0.495 e. The lowest BCUT2D eigenvalue weighted by atomic mass is 10.0. The first-order valence-corrected chi connectivity index (χ1v) is 13.1. The number of hydrogen-bond acceptors (Lipinski definition) is 8. The van der Waals surface area contributed by atoms with Crippen LogP contribution in [0.5, 0.6) is 5.75 Å². The Bertz CT molecular complexity index is 1780. The molecule has 39 heavy (non-hydrogen) atoms. The van der Waals surface area contributed by atoms with Gasteiger partial charge in [0.25, 0.3) is 0 Å². The van der Waals surface area contributed by atoms with E-state index in [0.717, 1.165) is 49.0 Å². The standard InChI is InChI=1S/C31H22N4O3S/c1-17-21(19(13-32)14-33)4-6-23(17)25-8-10-27(37-25)30-12-29(36-3)31(39-30)28-11-9-26(38-28)24-7-5-22(18(24)2)20(15-34)16-35/h8-12H,4-7H2,1-3H3. The van der Waals surface area contributed by atoms with Gasteiger partial charge in [-0.05, 0) is 97.2 Å². The van der Waals surface area contributed by atoms with Crippen molar-refractivity contribution in [1.29, 1.82) is 21.0 Å². The Balaban J connectivity index is 1.47. The van der Waals surface area contributed by atoms with Gasteiger partial charge in [0, 0.05) is 6.07 Å². The van der Waals surface area contributed by atoms with E-state index in [9.17, 15) is 21.0 Å². The van der Waals surface area contributed by atoms with Crippen LogP contribution in [0.3, 0.4) is 0 Å². The number of methoxy groups -OCH3 is 1. The minimum absolute atomic E-state index is 0.156. The highest BCUT2D eigenvalue weighted by atomic mass is 32.1. The van der Waals surface area contributed by atoms with Crippen LogP contribution in [-0.4, -0.2) is 7.11 Å². The molecule has 0 atom stereocenters. The van der Waals surface area contributed by atoms with Gasteiger partial charge in [0.15, 0.2) is 0 Å². The number of hydrogen-bond donors (Lipinski definition) is 0. The Morgan fingerprint density at radius 2 is 1.18 bits per heavy atom. The van der Waals surface area contributed by atoms with Gasteiger partial charge in [-0.25, -0.2) is 0 Å². The Morgan fingerprint density at radius 1 is 0.718 bits per heavy atom. The SMILES string of the molecule is COc1cc(-c2ccc(C3=C(C)C(=C(C#N)C#N)CC3)o2)sc1-c1ccc(C2=C(C)C(=C(C#N)C#N)CC2)o1. The van der Waals surface area contributed by atoms with Crippen molar-refractivity contribution in [3.05, 3.63) is 75.3 Å². The molecule has 0 spiro atoms. The minimum atomic E-state index is 0.156. The molecule has 0 N–H and O–H groups in total. The summed E-state index contributed by atoms with van der Waals surface area (Å²) in [6.45, 7) is 3.85. The zero-order valence-corrected chi connectivity index (χ0v) is 22.5. The fourth-order valence-electron chi connectivity index (χ4n) is 5.25. The highest BCUT2D eigenvalue weighted by Crippen LogP contribution is 2.47. The molecule has 3 aromatic heterocycles. The quantitative estimate of drug-likeness (QED) is 0.304. The summed E-state index contributed by atoms with van der Waals surface area (Å²) in [4.78, 5) is 1.70. The molecule has 190 valence electrons. The number of allylic oxidation sites excluding steroid dienone is 8. The average Bonchev–Trinajstić information content (AvgIpc) is 3.77. The monoisotopic (exact) mass is 530 g/mol. The van der Waals surface area contributed by atoms with Crippen LogP contribution in [0.25, 0.3) is 32.4 Å². The molecule has 2 aliphatic carbocycles. The summed E-state index contributed by atoms with van der Waals surface area (Å²) < 4.78 is 18.2. The fourth-order valence-corrected chi connectivity index (χ4v) is 6.30. The van der Waals surface area contributed by atoms with E-state index >= 15 is 0 Å². The zero-order valence-electron chi connectivity index (χ0n) is 21.6. The number of thiophene rings is 1. The van der Waals surface area contributed by atoms with E-state index in [-0.39, 0.29) is 11.1 Å². The molecule has 0 fully saturated rings. The van der Waals surface area contributed by atoms with E-state index in [1.165, 1.54) is 11.3 Å². The van der Waals surface area contributed by atoms with E-state index in [1.807, 2.05) is 68.5 Å². The van der Waals surface area contributed by atoms with Gasteiger partial charge in [-0.2, -0.15) is 21.0 Å². The third-order valence-corrected chi connectivity index (χ3v) is 8.45. The Labute approximate surface area is 230 Å². The summed E-state index contributed by atoms with van der Waals surface area (Å²) in [7, 11) is 1.61. The lowest BCUT2D eigenvalue weighted by molar-refractivity contribution is 0.416. The smallest absolute Gasteiger partial charge is 0.148 e. The second-order valence-corrected chi connectivity index (χ2v) is 10.2. The Kier molecular flexibility index (Phi) is 6.83. The molecule has 5 rings (SSSR count). The molecule has 8 heteroatoms. The average molecular weight is 531 g/mol. The molecular formula is C31H22N4O3S. The van der Waals surface area contributed by atoms with Crippen molar-refractivity contribution in [2.24, 2.45) is 0 Å². The molecule has 7 nitrogen and oxygen atoms in total. The number of ether oxygens (including phenoxy) is 1. The summed E-state index contributed by atoms with van der Waals surface area (Å²) in [5, 5.41) is 37.1. The van der Waals surface area contributed by atoms with Gasteiger partial charge in [-0.15, -0.1) is 11.3 Å². The van der Waals surface area contributed by atoms with Crippen LogP contribution in [0.4, 0.5) is 0 Å². The van der Waals surface area contributed by atoms with Crippen molar-refractivity contribution in [1.82, 2.24) is 0 Å². The second kappa shape index (κ2) is 10.4.